The molecule has 0 amide bonds. The zero-order chi connectivity index (χ0) is 13.4. The van der Waals surface area contributed by atoms with Crippen molar-refractivity contribution in [3.63, 3.8) is 0 Å². The van der Waals surface area contributed by atoms with Gasteiger partial charge in [0.15, 0.2) is 6.17 Å². The van der Waals surface area contributed by atoms with Crippen molar-refractivity contribution in [1.29, 1.82) is 0 Å². The number of aryl methyl sites for hydroxylation is 1. The fraction of sp³-hybridized carbons (Fsp3) is 0.400. The highest BCUT2D eigenvalue weighted by Crippen LogP contribution is 2.46. The highest BCUT2D eigenvalue weighted by molar-refractivity contribution is 5.36. The monoisotopic (exact) mass is 258 g/mol. The van der Waals surface area contributed by atoms with Crippen molar-refractivity contribution in [3.05, 3.63) is 29.3 Å². The topological polar surface area (TPSA) is 20.2 Å². The van der Waals surface area contributed by atoms with Crippen LogP contribution in [0.1, 0.15) is 17.3 Å². The van der Waals surface area contributed by atoms with Gasteiger partial charge in [-0.1, -0.05) is 6.07 Å². The predicted molar refractivity (Wildman–Crippen MR) is 47.7 cm³/mol. The molecule has 1 nitrogen and oxygen atoms in total. The fourth-order valence-electron chi connectivity index (χ4n) is 1.19. The molecule has 1 unspecified atom stereocenters. The summed E-state index contributed by atoms with van der Waals surface area (Å²) in [4.78, 5) is 0. The van der Waals surface area contributed by atoms with Gasteiger partial charge in [-0.2, -0.15) is 22.0 Å². The van der Waals surface area contributed by atoms with Gasteiger partial charge in [0.1, 0.15) is 5.75 Å². The fourth-order valence-corrected chi connectivity index (χ4v) is 1.19. The average Bonchev–Trinajstić information content (AvgIpc) is 2.19. The van der Waals surface area contributed by atoms with Gasteiger partial charge in [0, 0.05) is 0 Å². The van der Waals surface area contributed by atoms with E-state index in [1.54, 1.807) is 0 Å². The standard InChI is InChI=1S/C10H8F6O/c1-5-4-6(2-3-7(5)17)8(11)9(12,13)10(14,15)16/h2-4,8,17H,1H3. The van der Waals surface area contributed by atoms with Gasteiger partial charge < -0.3 is 5.11 Å². The molecule has 17 heavy (non-hydrogen) atoms. The number of hydrogen-bond donors (Lipinski definition) is 1. The smallest absolute Gasteiger partial charge is 0.456 e. The van der Waals surface area contributed by atoms with E-state index in [4.69, 9.17) is 5.11 Å². The Labute approximate surface area is 92.7 Å². The Morgan fingerprint density at radius 1 is 1.12 bits per heavy atom. The first-order valence-corrected chi connectivity index (χ1v) is 4.45. The predicted octanol–water partition coefficient (Wildman–Crippen LogP) is 3.91. The molecule has 1 aromatic rings. The molecule has 0 aliphatic carbocycles. The molecule has 0 bridgehead atoms. The van der Waals surface area contributed by atoms with Crippen LogP contribution in [-0.4, -0.2) is 17.2 Å². The zero-order valence-electron chi connectivity index (χ0n) is 8.52. The van der Waals surface area contributed by atoms with Gasteiger partial charge in [-0.15, -0.1) is 0 Å². The number of phenols is 1. The van der Waals surface area contributed by atoms with E-state index in [0.717, 1.165) is 12.1 Å². The molecular weight excluding hydrogens is 250 g/mol. The average molecular weight is 258 g/mol. The van der Waals surface area contributed by atoms with Gasteiger partial charge in [-0.05, 0) is 30.2 Å². The summed E-state index contributed by atoms with van der Waals surface area (Å²) in [6.45, 7) is 1.26. The second-order valence-electron chi connectivity index (χ2n) is 3.53. The van der Waals surface area contributed by atoms with E-state index < -0.39 is 23.8 Å². The Hall–Kier alpha value is -1.40. The lowest BCUT2D eigenvalue weighted by molar-refractivity contribution is -0.305. The molecule has 0 saturated carbocycles. The minimum absolute atomic E-state index is 0.0168. The summed E-state index contributed by atoms with van der Waals surface area (Å²) in [6, 6.07) is 2.30. The van der Waals surface area contributed by atoms with Crippen LogP contribution >= 0.6 is 0 Å². The SMILES string of the molecule is Cc1cc(C(F)C(F)(F)C(F)(F)F)ccc1O. The molecule has 7 heteroatoms. The van der Waals surface area contributed by atoms with Gasteiger partial charge >= 0.3 is 12.1 Å². The maximum atomic E-state index is 13.2. The molecule has 1 N–H and O–H groups in total. The van der Waals surface area contributed by atoms with Crippen LogP contribution in [0.5, 0.6) is 5.75 Å². The first kappa shape index (κ1) is 13.7. The van der Waals surface area contributed by atoms with Gasteiger partial charge in [0.05, 0.1) is 0 Å². The van der Waals surface area contributed by atoms with Crippen molar-refractivity contribution in [3.8, 4) is 5.75 Å². The van der Waals surface area contributed by atoms with Crippen LogP contribution in [0.25, 0.3) is 0 Å². The summed E-state index contributed by atoms with van der Waals surface area (Å²) >= 11 is 0. The van der Waals surface area contributed by atoms with E-state index in [1.165, 1.54) is 6.92 Å². The van der Waals surface area contributed by atoms with Crippen molar-refractivity contribution in [2.45, 2.75) is 25.2 Å². The number of halogens is 6. The summed E-state index contributed by atoms with van der Waals surface area (Å²) < 4.78 is 74.3. The Morgan fingerprint density at radius 3 is 2.06 bits per heavy atom. The van der Waals surface area contributed by atoms with Crippen molar-refractivity contribution in [2.75, 3.05) is 0 Å². The number of benzene rings is 1. The third-order valence-corrected chi connectivity index (χ3v) is 2.21. The Balaban J connectivity index is 3.12. The minimum Gasteiger partial charge on any atom is -0.508 e. The van der Waals surface area contributed by atoms with Crippen LogP contribution < -0.4 is 0 Å². The Bertz CT molecular complexity index is 412. The molecule has 0 heterocycles. The highest BCUT2D eigenvalue weighted by atomic mass is 19.4. The molecule has 1 atom stereocenters. The van der Waals surface area contributed by atoms with Crippen molar-refractivity contribution < 1.29 is 31.4 Å². The van der Waals surface area contributed by atoms with Crippen molar-refractivity contribution in [2.24, 2.45) is 0 Å². The maximum absolute atomic E-state index is 13.2. The van der Waals surface area contributed by atoms with Crippen LogP contribution in [-0.2, 0) is 0 Å². The molecule has 0 radical (unpaired) electrons. The second kappa shape index (κ2) is 4.12. The van der Waals surface area contributed by atoms with Crippen LogP contribution in [0.15, 0.2) is 18.2 Å². The summed E-state index contributed by atoms with van der Waals surface area (Å²) in [6.07, 6.45) is -9.46. The first-order valence-electron chi connectivity index (χ1n) is 4.45. The number of alkyl halides is 6. The number of aromatic hydroxyl groups is 1. The van der Waals surface area contributed by atoms with Crippen molar-refractivity contribution >= 4 is 0 Å². The number of rotatable bonds is 2. The van der Waals surface area contributed by atoms with Gasteiger partial charge in [-0.25, -0.2) is 4.39 Å². The molecule has 0 aromatic heterocycles. The molecule has 0 saturated heterocycles. The van der Waals surface area contributed by atoms with Gasteiger partial charge in [0.25, 0.3) is 0 Å². The maximum Gasteiger partial charge on any atom is 0.456 e. The zero-order valence-corrected chi connectivity index (χ0v) is 8.52. The molecule has 0 spiro atoms. The van der Waals surface area contributed by atoms with E-state index in [9.17, 15) is 26.3 Å². The number of phenolic OH excluding ortho intramolecular Hbond substituents is 1. The summed E-state index contributed by atoms with van der Waals surface area (Å²) in [5.41, 5.74) is -0.814. The molecule has 0 fully saturated rings. The first-order chi connectivity index (χ1) is 7.57. The van der Waals surface area contributed by atoms with E-state index in [0.29, 0.717) is 6.07 Å². The summed E-state index contributed by atoms with van der Waals surface area (Å²) in [5.74, 6) is -5.77. The second-order valence-corrected chi connectivity index (χ2v) is 3.53. The summed E-state index contributed by atoms with van der Waals surface area (Å²) in [5, 5.41) is 9.06. The molecular formula is C10H8F6O. The molecule has 0 aliphatic rings. The van der Waals surface area contributed by atoms with E-state index in [-0.39, 0.29) is 11.3 Å². The van der Waals surface area contributed by atoms with Crippen LogP contribution in [0.3, 0.4) is 0 Å². The van der Waals surface area contributed by atoms with Crippen LogP contribution in [0, 0.1) is 6.92 Å². The molecule has 1 aromatic carbocycles. The summed E-state index contributed by atoms with van der Waals surface area (Å²) in [7, 11) is 0. The molecule has 1 rings (SSSR count). The lowest BCUT2D eigenvalue weighted by Gasteiger charge is -2.23. The van der Waals surface area contributed by atoms with Gasteiger partial charge in [0.2, 0.25) is 0 Å². The lowest BCUT2D eigenvalue weighted by Crippen LogP contribution is -2.40. The normalized spacial score (nSPS) is 14.8. The van der Waals surface area contributed by atoms with E-state index >= 15 is 0 Å². The lowest BCUT2D eigenvalue weighted by atomic mass is 10.0. The van der Waals surface area contributed by atoms with Gasteiger partial charge in [-0.3, -0.25) is 0 Å². The number of hydrogen-bond acceptors (Lipinski definition) is 1. The van der Waals surface area contributed by atoms with E-state index in [1.807, 2.05) is 0 Å². The van der Waals surface area contributed by atoms with E-state index in [2.05, 4.69) is 0 Å². The largest absolute Gasteiger partial charge is 0.508 e. The quantitative estimate of drug-likeness (QED) is 0.797. The molecule has 96 valence electrons. The third-order valence-electron chi connectivity index (χ3n) is 2.21. The minimum atomic E-state index is -5.96. The van der Waals surface area contributed by atoms with Crippen LogP contribution in [0.2, 0.25) is 0 Å². The highest BCUT2D eigenvalue weighted by Gasteiger charge is 2.63. The Kier molecular flexibility index (Phi) is 3.31. The third kappa shape index (κ3) is 2.48. The Morgan fingerprint density at radius 2 is 1.65 bits per heavy atom. The molecule has 0 aliphatic heterocycles. The van der Waals surface area contributed by atoms with Crippen molar-refractivity contribution in [1.82, 2.24) is 0 Å². The van der Waals surface area contributed by atoms with Crippen LogP contribution in [0.4, 0.5) is 26.3 Å².